The second-order valence-corrected chi connectivity index (χ2v) is 4.60. The number of alkyl halides is 1. The number of methoxy groups -OCH3 is 1. The molecule has 98 valence electrons. The molecule has 0 aromatic heterocycles. The molecule has 0 saturated carbocycles. The number of amides is 1. The van der Waals surface area contributed by atoms with Gasteiger partial charge in [0.1, 0.15) is 11.6 Å². The van der Waals surface area contributed by atoms with Gasteiger partial charge in [-0.15, -0.1) is 11.6 Å². The number of benzene rings is 1. The van der Waals surface area contributed by atoms with Crippen LogP contribution in [-0.4, -0.2) is 36.4 Å². The summed E-state index contributed by atoms with van der Waals surface area (Å²) in [5.74, 6) is -0.0546. The molecule has 5 heteroatoms. The summed E-state index contributed by atoms with van der Waals surface area (Å²) in [5.41, 5.74) is 0.0767. The summed E-state index contributed by atoms with van der Waals surface area (Å²) >= 11 is 5.81. The Morgan fingerprint density at radius 3 is 3.00 bits per heavy atom. The zero-order valence-electron chi connectivity index (χ0n) is 10.2. The van der Waals surface area contributed by atoms with E-state index in [1.165, 1.54) is 19.2 Å². The topological polar surface area (TPSA) is 29.5 Å². The van der Waals surface area contributed by atoms with Crippen LogP contribution < -0.4 is 4.74 Å². The summed E-state index contributed by atoms with van der Waals surface area (Å²) in [6.07, 6.45) is 1.80. The molecule has 1 aromatic rings. The molecule has 0 N–H and O–H groups in total. The van der Waals surface area contributed by atoms with Crippen molar-refractivity contribution in [2.24, 2.45) is 0 Å². The lowest BCUT2D eigenvalue weighted by atomic mass is 10.1. The number of halogens is 2. The van der Waals surface area contributed by atoms with Gasteiger partial charge in [0.15, 0.2) is 0 Å². The first-order valence-electron chi connectivity index (χ1n) is 5.88. The van der Waals surface area contributed by atoms with Crippen LogP contribution in [0.3, 0.4) is 0 Å². The molecule has 1 aliphatic heterocycles. The number of ether oxygens (including phenoxy) is 1. The molecule has 1 amide bonds. The molecule has 1 heterocycles. The van der Waals surface area contributed by atoms with Gasteiger partial charge in [-0.05, 0) is 25.0 Å². The normalized spacial score (nSPS) is 19.1. The Balaban J connectivity index is 2.23. The Labute approximate surface area is 110 Å². The molecule has 1 aliphatic rings. The van der Waals surface area contributed by atoms with Gasteiger partial charge in [-0.25, -0.2) is 4.39 Å². The van der Waals surface area contributed by atoms with Crippen LogP contribution in [0, 0.1) is 5.82 Å². The highest BCUT2D eigenvalue weighted by Gasteiger charge is 2.30. The molecule has 0 radical (unpaired) electrons. The quantitative estimate of drug-likeness (QED) is 0.791. The Hall–Kier alpha value is -1.29. The fraction of sp³-hybridized carbons (Fsp3) is 0.462. The van der Waals surface area contributed by atoms with Gasteiger partial charge in [0.05, 0.1) is 12.7 Å². The van der Waals surface area contributed by atoms with Gasteiger partial charge in [-0.2, -0.15) is 0 Å². The number of rotatable bonds is 3. The molecule has 1 saturated heterocycles. The second kappa shape index (κ2) is 5.57. The van der Waals surface area contributed by atoms with Crippen LogP contribution in [-0.2, 0) is 0 Å². The van der Waals surface area contributed by atoms with Crippen molar-refractivity contribution in [1.82, 2.24) is 4.90 Å². The number of nitrogens with zero attached hydrogens (tertiary/aromatic N) is 1. The van der Waals surface area contributed by atoms with E-state index in [1.807, 2.05) is 0 Å². The smallest absolute Gasteiger partial charge is 0.257 e. The van der Waals surface area contributed by atoms with E-state index in [1.54, 1.807) is 11.0 Å². The molecule has 1 aromatic carbocycles. The number of hydrogen-bond donors (Lipinski definition) is 0. The summed E-state index contributed by atoms with van der Waals surface area (Å²) in [6.45, 7) is 0.641. The van der Waals surface area contributed by atoms with E-state index in [9.17, 15) is 9.18 Å². The van der Waals surface area contributed by atoms with Crippen LogP contribution in [0.25, 0.3) is 0 Å². The van der Waals surface area contributed by atoms with Crippen molar-refractivity contribution in [3.05, 3.63) is 29.6 Å². The highest BCUT2D eigenvalue weighted by Crippen LogP contribution is 2.23. The van der Waals surface area contributed by atoms with Crippen LogP contribution in [0.4, 0.5) is 4.39 Å². The summed E-state index contributed by atoms with van der Waals surface area (Å²) < 4.78 is 18.7. The molecule has 0 spiro atoms. The third-order valence-electron chi connectivity index (χ3n) is 3.22. The molecule has 0 bridgehead atoms. The van der Waals surface area contributed by atoms with Crippen LogP contribution >= 0.6 is 11.6 Å². The first-order valence-corrected chi connectivity index (χ1v) is 6.41. The van der Waals surface area contributed by atoms with Crippen LogP contribution in [0.2, 0.25) is 0 Å². The Kier molecular flexibility index (Phi) is 4.07. The Bertz CT molecular complexity index is 453. The number of likely N-dealkylation sites (tertiary alicyclic amines) is 1. The fourth-order valence-corrected chi connectivity index (χ4v) is 2.54. The summed E-state index contributed by atoms with van der Waals surface area (Å²) in [6, 6.07) is 4.28. The maximum Gasteiger partial charge on any atom is 0.257 e. The van der Waals surface area contributed by atoms with E-state index in [0.717, 1.165) is 12.8 Å². The van der Waals surface area contributed by atoms with Crippen molar-refractivity contribution in [1.29, 1.82) is 0 Å². The third-order valence-corrected chi connectivity index (χ3v) is 3.58. The van der Waals surface area contributed by atoms with Crippen molar-refractivity contribution in [3.63, 3.8) is 0 Å². The van der Waals surface area contributed by atoms with Crippen LogP contribution in [0.15, 0.2) is 18.2 Å². The largest absolute Gasteiger partial charge is 0.497 e. The predicted molar refractivity (Wildman–Crippen MR) is 67.7 cm³/mol. The standard InChI is InChI=1S/C13H15ClFNO2/c1-18-10-4-5-11(12(15)7-10)13(17)16-6-2-3-9(16)8-14/h4-5,7,9H,2-3,6,8H2,1H3. The van der Waals surface area contributed by atoms with Crippen molar-refractivity contribution in [2.75, 3.05) is 19.5 Å². The van der Waals surface area contributed by atoms with E-state index in [4.69, 9.17) is 16.3 Å². The lowest BCUT2D eigenvalue weighted by Crippen LogP contribution is -2.37. The zero-order chi connectivity index (χ0) is 13.1. The average Bonchev–Trinajstić information content (AvgIpc) is 2.86. The van der Waals surface area contributed by atoms with Gasteiger partial charge >= 0.3 is 0 Å². The second-order valence-electron chi connectivity index (χ2n) is 4.29. The molecule has 1 unspecified atom stereocenters. The molecular formula is C13H15ClFNO2. The Morgan fingerprint density at radius 1 is 1.61 bits per heavy atom. The highest BCUT2D eigenvalue weighted by molar-refractivity contribution is 6.18. The summed E-state index contributed by atoms with van der Waals surface area (Å²) in [4.78, 5) is 13.9. The maximum absolute atomic E-state index is 13.8. The average molecular weight is 272 g/mol. The SMILES string of the molecule is COc1ccc(C(=O)N2CCCC2CCl)c(F)c1. The highest BCUT2D eigenvalue weighted by atomic mass is 35.5. The van der Waals surface area contributed by atoms with Crippen molar-refractivity contribution < 1.29 is 13.9 Å². The number of hydrogen-bond acceptors (Lipinski definition) is 2. The molecular weight excluding hydrogens is 257 g/mol. The van der Waals surface area contributed by atoms with Gasteiger partial charge in [0.2, 0.25) is 0 Å². The third kappa shape index (κ3) is 2.43. The van der Waals surface area contributed by atoms with Gasteiger partial charge in [0.25, 0.3) is 5.91 Å². The molecule has 18 heavy (non-hydrogen) atoms. The van der Waals surface area contributed by atoms with Crippen LogP contribution in [0.1, 0.15) is 23.2 Å². The van der Waals surface area contributed by atoms with Gasteiger partial charge in [-0.1, -0.05) is 0 Å². The minimum absolute atomic E-state index is 0.0145. The lowest BCUT2D eigenvalue weighted by molar-refractivity contribution is 0.0744. The van der Waals surface area contributed by atoms with E-state index in [2.05, 4.69) is 0 Å². The minimum Gasteiger partial charge on any atom is -0.497 e. The van der Waals surface area contributed by atoms with Crippen molar-refractivity contribution >= 4 is 17.5 Å². The predicted octanol–water partition coefficient (Wildman–Crippen LogP) is 2.68. The number of carbonyl (C=O) groups is 1. The first kappa shape index (κ1) is 13.1. The molecule has 1 fully saturated rings. The first-order chi connectivity index (χ1) is 8.67. The summed E-state index contributed by atoms with van der Waals surface area (Å²) in [7, 11) is 1.46. The van der Waals surface area contributed by atoms with Gasteiger partial charge in [-0.3, -0.25) is 4.79 Å². The zero-order valence-corrected chi connectivity index (χ0v) is 10.9. The van der Waals surface area contributed by atoms with Gasteiger partial charge < -0.3 is 9.64 Å². The van der Waals surface area contributed by atoms with E-state index < -0.39 is 5.82 Å². The van der Waals surface area contributed by atoms with Crippen molar-refractivity contribution in [3.8, 4) is 5.75 Å². The van der Waals surface area contributed by atoms with Crippen molar-refractivity contribution in [2.45, 2.75) is 18.9 Å². The maximum atomic E-state index is 13.8. The van der Waals surface area contributed by atoms with E-state index in [0.29, 0.717) is 18.2 Å². The Morgan fingerprint density at radius 2 is 2.39 bits per heavy atom. The molecule has 1 atom stereocenters. The number of carbonyl (C=O) groups excluding carboxylic acids is 1. The fourth-order valence-electron chi connectivity index (χ4n) is 2.21. The summed E-state index contributed by atoms with van der Waals surface area (Å²) in [5, 5.41) is 0. The van der Waals surface area contributed by atoms with E-state index >= 15 is 0 Å². The minimum atomic E-state index is -0.556. The van der Waals surface area contributed by atoms with E-state index in [-0.39, 0.29) is 17.5 Å². The monoisotopic (exact) mass is 271 g/mol. The molecule has 2 rings (SSSR count). The molecule has 3 nitrogen and oxygen atoms in total. The molecule has 0 aliphatic carbocycles. The van der Waals surface area contributed by atoms with Gasteiger partial charge in [0, 0.05) is 24.5 Å². The lowest BCUT2D eigenvalue weighted by Gasteiger charge is -2.23. The van der Waals surface area contributed by atoms with Crippen LogP contribution in [0.5, 0.6) is 5.75 Å².